The van der Waals surface area contributed by atoms with Crippen molar-refractivity contribution >= 4 is 44.7 Å². The quantitative estimate of drug-likeness (QED) is 0.893. The molecule has 1 saturated heterocycles. The highest BCUT2D eigenvalue weighted by Gasteiger charge is 2.36. The van der Waals surface area contributed by atoms with Gasteiger partial charge in [0.05, 0.1) is 20.9 Å². The predicted molar refractivity (Wildman–Crippen MR) is 80.2 cm³/mol. The number of thiazole rings is 1. The molecule has 5 nitrogen and oxygen atoms in total. The van der Waals surface area contributed by atoms with E-state index in [4.69, 9.17) is 22.1 Å². The van der Waals surface area contributed by atoms with E-state index in [0.29, 0.717) is 42.3 Å². The molecule has 1 aromatic carbocycles. The maximum absolute atomic E-state index is 12.4. The van der Waals surface area contributed by atoms with Crippen molar-refractivity contribution in [3.63, 3.8) is 0 Å². The van der Waals surface area contributed by atoms with Crippen LogP contribution in [0.4, 0.5) is 5.69 Å². The van der Waals surface area contributed by atoms with Crippen molar-refractivity contribution in [1.29, 1.82) is 0 Å². The molecular formula is C13H14ClN3O2S. The van der Waals surface area contributed by atoms with Crippen LogP contribution in [-0.2, 0) is 9.53 Å². The summed E-state index contributed by atoms with van der Waals surface area (Å²) in [6, 6.07) is 3.64. The number of aromatic nitrogens is 1. The first kappa shape index (κ1) is 13.8. The molecule has 0 spiro atoms. The number of ether oxygens (including phenoxy) is 1. The van der Waals surface area contributed by atoms with Crippen LogP contribution in [-0.4, -0.2) is 29.6 Å². The number of fused-ring (bicyclic) bond motifs is 1. The van der Waals surface area contributed by atoms with Crippen molar-refractivity contribution in [2.45, 2.75) is 18.4 Å². The fourth-order valence-corrected chi connectivity index (χ4v) is 3.11. The maximum Gasteiger partial charge on any atom is 0.244 e. The molecule has 1 amide bonds. The summed E-state index contributed by atoms with van der Waals surface area (Å²) in [6.45, 7) is 0.997. The molecule has 20 heavy (non-hydrogen) atoms. The van der Waals surface area contributed by atoms with Gasteiger partial charge in [0.25, 0.3) is 0 Å². The van der Waals surface area contributed by atoms with Crippen molar-refractivity contribution in [3.05, 3.63) is 22.7 Å². The van der Waals surface area contributed by atoms with Crippen LogP contribution in [0.1, 0.15) is 12.8 Å². The van der Waals surface area contributed by atoms with Gasteiger partial charge < -0.3 is 15.8 Å². The Morgan fingerprint density at radius 1 is 1.45 bits per heavy atom. The van der Waals surface area contributed by atoms with Crippen LogP contribution in [0.25, 0.3) is 10.2 Å². The number of benzene rings is 1. The molecule has 1 aliphatic heterocycles. The van der Waals surface area contributed by atoms with Crippen molar-refractivity contribution in [1.82, 2.24) is 4.98 Å². The Kier molecular flexibility index (Phi) is 3.64. The minimum atomic E-state index is -0.903. The molecule has 0 radical (unpaired) electrons. The van der Waals surface area contributed by atoms with Crippen molar-refractivity contribution < 1.29 is 9.53 Å². The second-order valence-corrected chi connectivity index (χ2v) is 6.14. The van der Waals surface area contributed by atoms with E-state index in [0.717, 1.165) is 4.70 Å². The van der Waals surface area contributed by atoms with E-state index in [1.807, 2.05) is 6.07 Å². The first-order chi connectivity index (χ1) is 9.60. The summed E-state index contributed by atoms with van der Waals surface area (Å²) in [4.78, 5) is 16.7. The largest absolute Gasteiger partial charge is 0.381 e. The Hall–Kier alpha value is -1.21. The standard InChI is InChI=1S/C13H14ClN3O2S/c14-8-1-2-9-11(16-7-20-9)10(8)17-12(18)13(15)3-5-19-6-4-13/h1-2,7H,3-6,15H2,(H,17,18). The summed E-state index contributed by atoms with van der Waals surface area (Å²) in [5.41, 5.74) is 8.22. The van der Waals surface area contributed by atoms with E-state index in [-0.39, 0.29) is 5.91 Å². The zero-order valence-electron chi connectivity index (χ0n) is 10.7. The molecule has 2 heterocycles. The van der Waals surface area contributed by atoms with Gasteiger partial charge in [-0.1, -0.05) is 11.6 Å². The molecule has 0 unspecified atom stereocenters. The number of nitrogens with one attached hydrogen (secondary N) is 1. The Morgan fingerprint density at radius 3 is 2.95 bits per heavy atom. The second-order valence-electron chi connectivity index (χ2n) is 4.84. The number of hydrogen-bond donors (Lipinski definition) is 2. The molecule has 1 fully saturated rings. The summed E-state index contributed by atoms with van der Waals surface area (Å²) in [5.74, 6) is -0.233. The number of hydrogen-bond acceptors (Lipinski definition) is 5. The van der Waals surface area contributed by atoms with Crippen LogP contribution >= 0.6 is 22.9 Å². The van der Waals surface area contributed by atoms with E-state index in [1.54, 1.807) is 11.6 Å². The van der Waals surface area contributed by atoms with E-state index in [9.17, 15) is 4.79 Å². The van der Waals surface area contributed by atoms with E-state index in [1.165, 1.54) is 11.3 Å². The number of halogens is 1. The molecule has 0 atom stereocenters. The normalized spacial score (nSPS) is 18.1. The molecule has 0 aliphatic carbocycles. The third-order valence-corrected chi connectivity index (χ3v) is 4.64. The van der Waals surface area contributed by atoms with E-state index < -0.39 is 5.54 Å². The van der Waals surface area contributed by atoms with Gasteiger partial charge >= 0.3 is 0 Å². The Balaban J connectivity index is 1.91. The number of carbonyl (C=O) groups is 1. The van der Waals surface area contributed by atoms with Gasteiger partial charge in [-0.2, -0.15) is 0 Å². The number of rotatable bonds is 2. The lowest BCUT2D eigenvalue weighted by atomic mass is 9.90. The molecular weight excluding hydrogens is 298 g/mol. The number of anilines is 1. The molecule has 1 aromatic heterocycles. The number of nitrogens with zero attached hydrogens (tertiary/aromatic N) is 1. The summed E-state index contributed by atoms with van der Waals surface area (Å²) >= 11 is 7.67. The average Bonchev–Trinajstić information content (AvgIpc) is 2.91. The van der Waals surface area contributed by atoms with Gasteiger partial charge in [-0.15, -0.1) is 11.3 Å². The van der Waals surface area contributed by atoms with Gasteiger partial charge in [0.1, 0.15) is 11.1 Å². The smallest absolute Gasteiger partial charge is 0.244 e. The molecule has 3 N–H and O–H groups in total. The monoisotopic (exact) mass is 311 g/mol. The molecule has 106 valence electrons. The zero-order valence-corrected chi connectivity index (χ0v) is 12.3. The van der Waals surface area contributed by atoms with Gasteiger partial charge in [-0.3, -0.25) is 4.79 Å². The van der Waals surface area contributed by atoms with Crippen molar-refractivity contribution in [2.24, 2.45) is 5.73 Å². The average molecular weight is 312 g/mol. The fraction of sp³-hybridized carbons (Fsp3) is 0.385. The SMILES string of the molecule is NC1(C(=O)Nc2c(Cl)ccc3scnc23)CCOCC1. The molecule has 7 heteroatoms. The van der Waals surface area contributed by atoms with Gasteiger partial charge in [-0.25, -0.2) is 4.98 Å². The third kappa shape index (κ3) is 2.40. The Bertz CT molecular complexity index is 652. The fourth-order valence-electron chi connectivity index (χ4n) is 2.23. The Labute approximate surface area is 125 Å². The predicted octanol–water partition coefficient (Wildman–Crippen LogP) is 2.40. The van der Waals surface area contributed by atoms with Crippen LogP contribution in [0, 0.1) is 0 Å². The lowest BCUT2D eigenvalue weighted by molar-refractivity contribution is -0.124. The van der Waals surface area contributed by atoms with Crippen LogP contribution in [0.5, 0.6) is 0 Å². The van der Waals surface area contributed by atoms with Crippen molar-refractivity contribution in [3.8, 4) is 0 Å². The first-order valence-electron chi connectivity index (χ1n) is 6.30. The summed E-state index contributed by atoms with van der Waals surface area (Å²) < 4.78 is 6.22. The topological polar surface area (TPSA) is 77.2 Å². The van der Waals surface area contributed by atoms with Crippen LogP contribution < -0.4 is 11.1 Å². The number of nitrogens with two attached hydrogens (primary N) is 1. The minimum absolute atomic E-state index is 0.233. The molecule has 0 bridgehead atoms. The lowest BCUT2D eigenvalue weighted by Crippen LogP contribution is -2.54. The van der Waals surface area contributed by atoms with Gasteiger partial charge in [-0.05, 0) is 25.0 Å². The highest BCUT2D eigenvalue weighted by molar-refractivity contribution is 7.16. The summed E-state index contributed by atoms with van der Waals surface area (Å²) in [7, 11) is 0. The molecule has 0 saturated carbocycles. The summed E-state index contributed by atoms with van der Waals surface area (Å²) in [5, 5.41) is 3.31. The van der Waals surface area contributed by atoms with Crippen LogP contribution in [0.15, 0.2) is 17.6 Å². The maximum atomic E-state index is 12.4. The number of carbonyl (C=O) groups excluding carboxylic acids is 1. The molecule has 3 rings (SSSR count). The second kappa shape index (κ2) is 5.29. The van der Waals surface area contributed by atoms with Gasteiger partial charge in [0.2, 0.25) is 5.91 Å². The minimum Gasteiger partial charge on any atom is -0.381 e. The summed E-state index contributed by atoms with van der Waals surface area (Å²) in [6.07, 6.45) is 1.01. The molecule has 1 aliphatic rings. The van der Waals surface area contributed by atoms with Crippen LogP contribution in [0.3, 0.4) is 0 Å². The van der Waals surface area contributed by atoms with Gasteiger partial charge in [0, 0.05) is 13.2 Å². The van der Waals surface area contributed by atoms with Crippen molar-refractivity contribution in [2.75, 3.05) is 18.5 Å². The Morgan fingerprint density at radius 2 is 2.20 bits per heavy atom. The lowest BCUT2D eigenvalue weighted by Gasteiger charge is -2.31. The zero-order chi connectivity index (χ0) is 14.2. The van der Waals surface area contributed by atoms with E-state index in [2.05, 4.69) is 10.3 Å². The third-order valence-electron chi connectivity index (χ3n) is 3.53. The number of amides is 1. The first-order valence-corrected chi connectivity index (χ1v) is 7.56. The van der Waals surface area contributed by atoms with Crippen LogP contribution in [0.2, 0.25) is 5.02 Å². The van der Waals surface area contributed by atoms with Gasteiger partial charge in [0.15, 0.2) is 0 Å². The highest BCUT2D eigenvalue weighted by atomic mass is 35.5. The van der Waals surface area contributed by atoms with E-state index >= 15 is 0 Å². The highest BCUT2D eigenvalue weighted by Crippen LogP contribution is 2.33. The molecule has 2 aromatic rings.